The highest BCUT2D eigenvalue weighted by atomic mass is 16.6. The zero-order valence-electron chi connectivity index (χ0n) is 15.7. The standard InChI is InChI=1S/C19H23N3O5/c1-4-12-20-16(11-8-14-6-9-15(27-3)10-7-14)17(22(25)26)18(23)21(13-5-2)19(20)24/h6-11H,4-5,12-13H2,1-3H3/b11-8+. The van der Waals surface area contributed by atoms with E-state index in [9.17, 15) is 19.7 Å². The van der Waals surface area contributed by atoms with Crippen LogP contribution in [0, 0.1) is 10.1 Å². The Hall–Kier alpha value is -3.16. The molecule has 0 saturated carbocycles. The van der Waals surface area contributed by atoms with Crippen LogP contribution in [0.2, 0.25) is 0 Å². The number of ether oxygens (including phenoxy) is 1. The van der Waals surface area contributed by atoms with Crippen LogP contribution in [0.1, 0.15) is 37.9 Å². The summed E-state index contributed by atoms with van der Waals surface area (Å²) in [4.78, 5) is 36.1. The molecule has 0 fully saturated rings. The molecule has 0 atom stereocenters. The second-order valence-electron chi connectivity index (χ2n) is 5.99. The van der Waals surface area contributed by atoms with Gasteiger partial charge in [-0.1, -0.05) is 32.1 Å². The maximum Gasteiger partial charge on any atom is 0.357 e. The number of nitro groups is 1. The summed E-state index contributed by atoms with van der Waals surface area (Å²) >= 11 is 0. The molecule has 0 N–H and O–H groups in total. The van der Waals surface area contributed by atoms with Crippen molar-refractivity contribution < 1.29 is 9.66 Å². The Bertz CT molecular complexity index is 955. The molecule has 0 saturated heterocycles. The zero-order valence-corrected chi connectivity index (χ0v) is 15.7. The normalized spacial score (nSPS) is 11.1. The molecule has 0 radical (unpaired) electrons. The average Bonchev–Trinajstić information content (AvgIpc) is 2.66. The summed E-state index contributed by atoms with van der Waals surface area (Å²) in [5.74, 6) is 0.684. The molecular weight excluding hydrogens is 350 g/mol. The molecule has 1 aromatic heterocycles. The predicted octanol–water partition coefficient (Wildman–Crippen LogP) is 2.92. The van der Waals surface area contributed by atoms with E-state index in [1.165, 1.54) is 10.6 Å². The van der Waals surface area contributed by atoms with Gasteiger partial charge in [-0.15, -0.1) is 0 Å². The van der Waals surface area contributed by atoms with Gasteiger partial charge in [0, 0.05) is 13.1 Å². The topological polar surface area (TPSA) is 96.4 Å². The van der Waals surface area contributed by atoms with Crippen LogP contribution in [0.4, 0.5) is 5.69 Å². The van der Waals surface area contributed by atoms with Crippen LogP contribution >= 0.6 is 0 Å². The van der Waals surface area contributed by atoms with Crippen molar-refractivity contribution in [1.82, 2.24) is 9.13 Å². The molecule has 2 aromatic rings. The summed E-state index contributed by atoms with van der Waals surface area (Å²) in [5.41, 5.74) is -1.20. The van der Waals surface area contributed by atoms with Crippen LogP contribution in [0.25, 0.3) is 12.2 Å². The van der Waals surface area contributed by atoms with Gasteiger partial charge in [0.1, 0.15) is 11.4 Å². The smallest absolute Gasteiger partial charge is 0.357 e. The number of hydrogen-bond donors (Lipinski definition) is 0. The lowest BCUT2D eigenvalue weighted by Crippen LogP contribution is -2.42. The van der Waals surface area contributed by atoms with Gasteiger partial charge in [0.25, 0.3) is 0 Å². The highest BCUT2D eigenvalue weighted by Gasteiger charge is 2.25. The Morgan fingerprint density at radius 3 is 2.15 bits per heavy atom. The lowest BCUT2D eigenvalue weighted by atomic mass is 10.1. The zero-order chi connectivity index (χ0) is 20.0. The van der Waals surface area contributed by atoms with Crippen LogP contribution in [-0.4, -0.2) is 21.2 Å². The minimum Gasteiger partial charge on any atom is -0.497 e. The van der Waals surface area contributed by atoms with Crippen molar-refractivity contribution >= 4 is 17.8 Å². The van der Waals surface area contributed by atoms with E-state index < -0.39 is 21.9 Å². The molecule has 0 aliphatic rings. The summed E-state index contributed by atoms with van der Waals surface area (Å²) in [5, 5.41) is 11.6. The second-order valence-corrected chi connectivity index (χ2v) is 5.99. The molecule has 27 heavy (non-hydrogen) atoms. The number of aromatic nitrogens is 2. The molecule has 144 valence electrons. The van der Waals surface area contributed by atoms with Crippen molar-refractivity contribution in [3.8, 4) is 5.75 Å². The first-order chi connectivity index (χ1) is 12.9. The van der Waals surface area contributed by atoms with Gasteiger partial charge in [-0.25, -0.2) is 4.79 Å². The van der Waals surface area contributed by atoms with Crippen molar-refractivity contribution in [3.63, 3.8) is 0 Å². The number of benzene rings is 1. The summed E-state index contributed by atoms with van der Waals surface area (Å²) < 4.78 is 7.34. The second kappa shape index (κ2) is 8.98. The Morgan fingerprint density at radius 1 is 1.04 bits per heavy atom. The van der Waals surface area contributed by atoms with Gasteiger partial charge in [-0.2, -0.15) is 0 Å². The molecule has 0 aliphatic heterocycles. The van der Waals surface area contributed by atoms with Crippen molar-refractivity contribution in [1.29, 1.82) is 0 Å². The van der Waals surface area contributed by atoms with Gasteiger partial charge in [0.05, 0.1) is 12.0 Å². The fourth-order valence-corrected chi connectivity index (χ4v) is 2.79. The molecule has 0 amide bonds. The van der Waals surface area contributed by atoms with Gasteiger partial charge < -0.3 is 4.74 Å². The third-order valence-electron chi connectivity index (χ3n) is 4.07. The summed E-state index contributed by atoms with van der Waals surface area (Å²) in [6.45, 7) is 4.10. The first-order valence-electron chi connectivity index (χ1n) is 8.78. The molecular formula is C19H23N3O5. The first-order valence-corrected chi connectivity index (χ1v) is 8.78. The summed E-state index contributed by atoms with van der Waals surface area (Å²) in [7, 11) is 1.56. The first kappa shape index (κ1) is 20.2. The lowest BCUT2D eigenvalue weighted by molar-refractivity contribution is -0.387. The Morgan fingerprint density at radius 2 is 1.63 bits per heavy atom. The average molecular weight is 373 g/mol. The van der Waals surface area contributed by atoms with Crippen LogP contribution in [0.3, 0.4) is 0 Å². The van der Waals surface area contributed by atoms with Gasteiger partial charge >= 0.3 is 16.9 Å². The summed E-state index contributed by atoms with van der Waals surface area (Å²) in [6.07, 6.45) is 4.22. The third kappa shape index (κ3) is 4.33. The van der Waals surface area contributed by atoms with Crippen molar-refractivity contribution in [2.45, 2.75) is 39.8 Å². The molecule has 0 bridgehead atoms. The van der Waals surface area contributed by atoms with Crippen LogP contribution in [0.15, 0.2) is 33.9 Å². The summed E-state index contributed by atoms with van der Waals surface area (Å²) in [6, 6.07) is 7.07. The van der Waals surface area contributed by atoms with Gasteiger partial charge in [0.15, 0.2) is 0 Å². The van der Waals surface area contributed by atoms with Crippen molar-refractivity contribution in [2.24, 2.45) is 0 Å². The van der Waals surface area contributed by atoms with E-state index in [1.807, 2.05) is 6.92 Å². The number of nitrogens with zero attached hydrogens (tertiary/aromatic N) is 3. The minimum absolute atomic E-state index is 0.0139. The Balaban J connectivity index is 2.67. The van der Waals surface area contributed by atoms with Crippen molar-refractivity contribution in [2.75, 3.05) is 7.11 Å². The van der Waals surface area contributed by atoms with E-state index in [1.54, 1.807) is 44.4 Å². The van der Waals surface area contributed by atoms with Gasteiger partial charge in [-0.05, 0) is 36.6 Å². The Kier molecular flexibility index (Phi) is 6.70. The monoisotopic (exact) mass is 373 g/mol. The Labute approximate surface area is 156 Å². The van der Waals surface area contributed by atoms with Gasteiger partial charge in [0.2, 0.25) is 0 Å². The number of rotatable bonds is 8. The van der Waals surface area contributed by atoms with E-state index >= 15 is 0 Å². The van der Waals surface area contributed by atoms with E-state index in [0.717, 1.165) is 10.1 Å². The fraction of sp³-hybridized carbons (Fsp3) is 0.368. The highest BCUT2D eigenvalue weighted by molar-refractivity contribution is 5.72. The van der Waals surface area contributed by atoms with Crippen LogP contribution in [0.5, 0.6) is 5.75 Å². The molecule has 0 spiro atoms. The maximum atomic E-state index is 12.7. The molecule has 2 rings (SSSR count). The minimum atomic E-state index is -0.867. The molecule has 0 aliphatic carbocycles. The molecule has 8 nitrogen and oxygen atoms in total. The quantitative estimate of drug-likeness (QED) is 0.523. The molecule has 1 aromatic carbocycles. The number of methoxy groups -OCH3 is 1. The number of hydrogen-bond acceptors (Lipinski definition) is 5. The van der Waals surface area contributed by atoms with E-state index in [-0.39, 0.29) is 18.8 Å². The molecule has 8 heteroatoms. The molecule has 1 heterocycles. The van der Waals surface area contributed by atoms with E-state index in [0.29, 0.717) is 18.6 Å². The van der Waals surface area contributed by atoms with Crippen molar-refractivity contribution in [3.05, 3.63) is 66.5 Å². The molecule has 0 unspecified atom stereocenters. The lowest BCUT2D eigenvalue weighted by Gasteiger charge is -2.13. The highest BCUT2D eigenvalue weighted by Crippen LogP contribution is 2.18. The van der Waals surface area contributed by atoms with Gasteiger partial charge in [-0.3, -0.25) is 24.0 Å². The predicted molar refractivity (Wildman–Crippen MR) is 104 cm³/mol. The SMILES string of the molecule is CCCn1c(/C=C/c2ccc(OC)cc2)c([N+](=O)[O-])c(=O)n(CCC)c1=O. The maximum absolute atomic E-state index is 12.7. The third-order valence-corrected chi connectivity index (χ3v) is 4.07. The fourth-order valence-electron chi connectivity index (χ4n) is 2.79. The van der Waals surface area contributed by atoms with Crippen LogP contribution in [-0.2, 0) is 13.1 Å². The van der Waals surface area contributed by atoms with Crippen LogP contribution < -0.4 is 16.0 Å². The largest absolute Gasteiger partial charge is 0.497 e. The van der Waals surface area contributed by atoms with E-state index in [4.69, 9.17) is 4.74 Å². The van der Waals surface area contributed by atoms with E-state index in [2.05, 4.69) is 0 Å².